The summed E-state index contributed by atoms with van der Waals surface area (Å²) in [4.78, 5) is 0. The van der Waals surface area contributed by atoms with Crippen LogP contribution in [0.25, 0.3) is 0 Å². The van der Waals surface area contributed by atoms with Gasteiger partial charge in [0.2, 0.25) is 0 Å². The van der Waals surface area contributed by atoms with E-state index in [9.17, 15) is 0 Å². The van der Waals surface area contributed by atoms with Crippen LogP contribution in [-0.2, 0) is 12.0 Å². The molecule has 2 aromatic carbocycles. The van der Waals surface area contributed by atoms with E-state index in [1.165, 1.54) is 11.1 Å². The second-order valence-electron chi connectivity index (χ2n) is 5.99. The van der Waals surface area contributed by atoms with Gasteiger partial charge in [-0.15, -0.1) is 6.58 Å². The molecule has 122 valence electrons. The van der Waals surface area contributed by atoms with Crippen molar-refractivity contribution in [3.63, 3.8) is 0 Å². The van der Waals surface area contributed by atoms with Gasteiger partial charge in [0.15, 0.2) is 0 Å². The molecule has 0 amide bonds. The number of rotatable bonds is 8. The highest BCUT2D eigenvalue weighted by atomic mass is 16.3. The SMILES string of the molecule is C=CCC(CNCc1ccco1)(c1ccccc1)c1ccccc1. The minimum atomic E-state index is -0.142. The zero-order chi connectivity index (χ0) is 16.7. The van der Waals surface area contributed by atoms with Crippen molar-refractivity contribution in [2.45, 2.75) is 18.4 Å². The van der Waals surface area contributed by atoms with Gasteiger partial charge in [-0.2, -0.15) is 0 Å². The molecule has 0 radical (unpaired) electrons. The van der Waals surface area contributed by atoms with Crippen molar-refractivity contribution >= 4 is 0 Å². The number of hydrogen-bond acceptors (Lipinski definition) is 2. The molecule has 0 bridgehead atoms. The number of allylic oxidation sites excluding steroid dienone is 1. The lowest BCUT2D eigenvalue weighted by molar-refractivity contribution is 0.432. The summed E-state index contributed by atoms with van der Waals surface area (Å²) >= 11 is 0. The number of benzene rings is 2. The van der Waals surface area contributed by atoms with Gasteiger partial charge in [-0.05, 0) is 29.7 Å². The molecular formula is C22H23NO. The molecule has 0 saturated carbocycles. The highest BCUT2D eigenvalue weighted by molar-refractivity contribution is 5.40. The summed E-state index contributed by atoms with van der Waals surface area (Å²) in [6, 6.07) is 25.2. The lowest BCUT2D eigenvalue weighted by atomic mass is 9.72. The van der Waals surface area contributed by atoms with Crippen LogP contribution in [-0.4, -0.2) is 6.54 Å². The standard InChI is InChI=1S/C22H23NO/c1-2-15-22(19-10-5-3-6-11-19,20-12-7-4-8-13-20)18-23-17-21-14-9-16-24-21/h2-14,16,23H,1,15,17-18H2. The van der Waals surface area contributed by atoms with E-state index in [0.717, 1.165) is 18.7 Å². The van der Waals surface area contributed by atoms with E-state index in [4.69, 9.17) is 4.42 Å². The number of furan rings is 1. The second kappa shape index (κ2) is 7.80. The molecule has 0 aliphatic heterocycles. The Balaban J connectivity index is 1.93. The highest BCUT2D eigenvalue weighted by Crippen LogP contribution is 2.35. The van der Waals surface area contributed by atoms with Crippen LogP contribution in [0.3, 0.4) is 0 Å². The van der Waals surface area contributed by atoms with Crippen LogP contribution in [0.4, 0.5) is 0 Å². The smallest absolute Gasteiger partial charge is 0.117 e. The van der Waals surface area contributed by atoms with Crippen LogP contribution in [0.2, 0.25) is 0 Å². The van der Waals surface area contributed by atoms with E-state index >= 15 is 0 Å². The molecule has 1 aromatic heterocycles. The van der Waals surface area contributed by atoms with E-state index in [0.29, 0.717) is 6.54 Å². The van der Waals surface area contributed by atoms with Crippen molar-refractivity contribution in [3.8, 4) is 0 Å². The summed E-state index contributed by atoms with van der Waals surface area (Å²) in [5.74, 6) is 0.948. The maximum atomic E-state index is 5.44. The lowest BCUT2D eigenvalue weighted by Crippen LogP contribution is -2.38. The number of hydrogen-bond donors (Lipinski definition) is 1. The zero-order valence-corrected chi connectivity index (χ0v) is 13.8. The largest absolute Gasteiger partial charge is 0.468 e. The van der Waals surface area contributed by atoms with Crippen LogP contribution in [0.15, 0.2) is 96.1 Å². The quantitative estimate of drug-likeness (QED) is 0.596. The van der Waals surface area contributed by atoms with Crippen molar-refractivity contribution in [3.05, 3.63) is 109 Å². The summed E-state index contributed by atoms with van der Waals surface area (Å²) in [6.45, 7) is 5.54. The average molecular weight is 317 g/mol. The Morgan fingerprint density at radius 2 is 1.50 bits per heavy atom. The molecule has 3 aromatic rings. The minimum absolute atomic E-state index is 0.142. The molecule has 0 atom stereocenters. The fourth-order valence-electron chi connectivity index (χ4n) is 3.25. The third kappa shape index (κ3) is 3.50. The van der Waals surface area contributed by atoms with Crippen LogP contribution < -0.4 is 5.32 Å². The van der Waals surface area contributed by atoms with Gasteiger partial charge in [-0.25, -0.2) is 0 Å². The summed E-state index contributed by atoms with van der Waals surface area (Å²) in [6.07, 6.45) is 4.59. The third-order valence-electron chi connectivity index (χ3n) is 4.45. The maximum absolute atomic E-state index is 5.44. The summed E-state index contributed by atoms with van der Waals surface area (Å²) in [7, 11) is 0. The van der Waals surface area contributed by atoms with E-state index in [-0.39, 0.29) is 5.41 Å². The molecule has 0 unspecified atom stereocenters. The highest BCUT2D eigenvalue weighted by Gasteiger charge is 2.32. The fraction of sp³-hybridized carbons (Fsp3) is 0.182. The van der Waals surface area contributed by atoms with E-state index in [1.807, 2.05) is 18.2 Å². The molecule has 0 aliphatic rings. The molecule has 2 heteroatoms. The second-order valence-corrected chi connectivity index (χ2v) is 5.99. The first-order valence-electron chi connectivity index (χ1n) is 8.30. The van der Waals surface area contributed by atoms with Gasteiger partial charge in [0, 0.05) is 12.0 Å². The molecule has 0 fully saturated rings. The summed E-state index contributed by atoms with van der Waals surface area (Å²) < 4.78 is 5.44. The van der Waals surface area contributed by atoms with Gasteiger partial charge in [-0.3, -0.25) is 0 Å². The molecular weight excluding hydrogens is 294 g/mol. The van der Waals surface area contributed by atoms with Crippen molar-refractivity contribution in [2.75, 3.05) is 6.54 Å². The molecule has 1 heterocycles. The predicted octanol–water partition coefficient (Wildman–Crippen LogP) is 4.93. The fourth-order valence-corrected chi connectivity index (χ4v) is 3.25. The first kappa shape index (κ1) is 16.3. The Hall–Kier alpha value is -2.58. The normalized spacial score (nSPS) is 11.3. The molecule has 0 spiro atoms. The van der Waals surface area contributed by atoms with Gasteiger partial charge in [0.25, 0.3) is 0 Å². The summed E-state index contributed by atoms with van der Waals surface area (Å²) in [5, 5.41) is 3.57. The van der Waals surface area contributed by atoms with E-state index in [2.05, 4.69) is 72.6 Å². The minimum Gasteiger partial charge on any atom is -0.468 e. The van der Waals surface area contributed by atoms with Crippen LogP contribution in [0.5, 0.6) is 0 Å². The number of nitrogens with one attached hydrogen (secondary N) is 1. The molecule has 24 heavy (non-hydrogen) atoms. The lowest BCUT2D eigenvalue weighted by Gasteiger charge is -2.35. The zero-order valence-electron chi connectivity index (χ0n) is 13.8. The Kier molecular flexibility index (Phi) is 5.29. The van der Waals surface area contributed by atoms with Crippen molar-refractivity contribution in [1.29, 1.82) is 0 Å². The topological polar surface area (TPSA) is 25.2 Å². The van der Waals surface area contributed by atoms with Gasteiger partial charge in [0.1, 0.15) is 5.76 Å². The maximum Gasteiger partial charge on any atom is 0.117 e. The average Bonchev–Trinajstić information content (AvgIpc) is 3.16. The van der Waals surface area contributed by atoms with Gasteiger partial charge in [0.05, 0.1) is 12.8 Å². The third-order valence-corrected chi connectivity index (χ3v) is 4.45. The molecule has 3 rings (SSSR count). The van der Waals surface area contributed by atoms with E-state index < -0.39 is 0 Å². The molecule has 0 saturated heterocycles. The Bertz CT molecular complexity index is 693. The molecule has 0 aliphatic carbocycles. The first-order chi connectivity index (χ1) is 11.8. The Labute approximate surface area is 143 Å². The summed E-state index contributed by atoms with van der Waals surface area (Å²) in [5.41, 5.74) is 2.45. The molecule has 2 nitrogen and oxygen atoms in total. The Morgan fingerprint density at radius 3 is 2.00 bits per heavy atom. The van der Waals surface area contributed by atoms with Gasteiger partial charge < -0.3 is 9.73 Å². The van der Waals surface area contributed by atoms with E-state index in [1.54, 1.807) is 6.26 Å². The molecule has 1 N–H and O–H groups in total. The first-order valence-corrected chi connectivity index (χ1v) is 8.30. The Morgan fingerprint density at radius 1 is 0.875 bits per heavy atom. The van der Waals surface area contributed by atoms with Crippen LogP contribution >= 0.6 is 0 Å². The van der Waals surface area contributed by atoms with Crippen molar-refractivity contribution < 1.29 is 4.42 Å². The van der Waals surface area contributed by atoms with Crippen LogP contribution in [0, 0.1) is 0 Å². The van der Waals surface area contributed by atoms with Gasteiger partial charge in [-0.1, -0.05) is 66.7 Å². The monoisotopic (exact) mass is 317 g/mol. The van der Waals surface area contributed by atoms with Crippen molar-refractivity contribution in [1.82, 2.24) is 5.32 Å². The van der Waals surface area contributed by atoms with Crippen molar-refractivity contribution in [2.24, 2.45) is 0 Å². The van der Waals surface area contributed by atoms with Crippen LogP contribution in [0.1, 0.15) is 23.3 Å². The van der Waals surface area contributed by atoms with Gasteiger partial charge >= 0.3 is 0 Å². The predicted molar refractivity (Wildman–Crippen MR) is 98.9 cm³/mol.